The summed E-state index contributed by atoms with van der Waals surface area (Å²) in [5, 5.41) is 6.24. The van der Waals surface area contributed by atoms with Gasteiger partial charge in [0.15, 0.2) is 5.17 Å². The molecule has 1 fully saturated rings. The second kappa shape index (κ2) is 11.4. The molecule has 34 heavy (non-hydrogen) atoms. The molecule has 0 spiro atoms. The Morgan fingerprint density at radius 1 is 1.32 bits per heavy atom. The minimum absolute atomic E-state index is 0.0739. The van der Waals surface area contributed by atoms with Crippen molar-refractivity contribution in [2.24, 2.45) is 4.99 Å². The van der Waals surface area contributed by atoms with Crippen molar-refractivity contribution in [1.82, 2.24) is 15.1 Å². The third kappa shape index (κ3) is 5.66. The highest BCUT2D eigenvalue weighted by Crippen LogP contribution is 2.45. The van der Waals surface area contributed by atoms with Crippen molar-refractivity contribution in [3.63, 3.8) is 0 Å². The van der Waals surface area contributed by atoms with E-state index >= 15 is 0 Å². The summed E-state index contributed by atoms with van der Waals surface area (Å²) in [5.74, 6) is -0.492. The molecule has 182 valence electrons. The summed E-state index contributed by atoms with van der Waals surface area (Å²) in [6.45, 7) is 8.44. The van der Waals surface area contributed by atoms with E-state index in [9.17, 15) is 9.59 Å². The molecule has 0 saturated carbocycles. The maximum atomic E-state index is 13.0. The first-order valence-electron chi connectivity index (χ1n) is 11.4. The standard InChI is InChI=1S/C24H29ClN4O4S/c1-3-33-23(31)21-16(2)27-24-29(22(21)17-5-4-6-18(25)13-17)19(15-34-24)14-20(30)26-7-8-28-9-11-32-12-10-28/h4-6,13,15,22H,3,7-12,14H2,1-2H3,(H,26,30). The molecule has 3 heterocycles. The van der Waals surface area contributed by atoms with Gasteiger partial charge in [0.25, 0.3) is 0 Å². The van der Waals surface area contributed by atoms with Crippen molar-refractivity contribution < 1.29 is 19.1 Å². The Balaban J connectivity index is 1.52. The van der Waals surface area contributed by atoms with Crippen LogP contribution in [0, 0.1) is 0 Å². The second-order valence-corrected chi connectivity index (χ2v) is 9.42. The molecular weight excluding hydrogens is 476 g/mol. The molecule has 1 aromatic carbocycles. The number of morpholine rings is 1. The number of hydrogen-bond donors (Lipinski definition) is 1. The number of carbonyl (C=O) groups is 2. The zero-order chi connectivity index (χ0) is 24.1. The lowest BCUT2D eigenvalue weighted by atomic mass is 9.94. The van der Waals surface area contributed by atoms with Crippen molar-refractivity contribution in [3.8, 4) is 0 Å². The van der Waals surface area contributed by atoms with Crippen molar-refractivity contribution in [2.75, 3.05) is 46.0 Å². The van der Waals surface area contributed by atoms with E-state index in [0.29, 0.717) is 22.8 Å². The van der Waals surface area contributed by atoms with Crippen LogP contribution in [0.4, 0.5) is 0 Å². The Bertz CT molecular complexity index is 1040. The van der Waals surface area contributed by atoms with E-state index in [4.69, 9.17) is 21.1 Å². The number of amidine groups is 1. The summed E-state index contributed by atoms with van der Waals surface area (Å²) >= 11 is 7.75. The zero-order valence-corrected chi connectivity index (χ0v) is 21.0. The van der Waals surface area contributed by atoms with Crippen LogP contribution >= 0.6 is 23.4 Å². The Hall–Kier alpha value is -2.33. The quantitative estimate of drug-likeness (QED) is 0.544. The summed E-state index contributed by atoms with van der Waals surface area (Å²) in [7, 11) is 0. The van der Waals surface area contributed by atoms with Gasteiger partial charge in [-0.15, -0.1) is 0 Å². The van der Waals surface area contributed by atoms with E-state index < -0.39 is 12.0 Å². The lowest BCUT2D eigenvalue weighted by Crippen LogP contribution is -2.42. The number of hydrogen-bond acceptors (Lipinski definition) is 8. The molecule has 3 aliphatic heterocycles. The molecule has 0 aromatic heterocycles. The first-order chi connectivity index (χ1) is 16.5. The molecule has 1 atom stereocenters. The molecular formula is C24H29ClN4O4S. The van der Waals surface area contributed by atoms with E-state index in [1.807, 2.05) is 35.4 Å². The van der Waals surface area contributed by atoms with Crippen LogP contribution in [0.5, 0.6) is 0 Å². The average molecular weight is 505 g/mol. The van der Waals surface area contributed by atoms with Gasteiger partial charge in [0.05, 0.1) is 43.6 Å². The summed E-state index contributed by atoms with van der Waals surface area (Å²) < 4.78 is 10.7. The topological polar surface area (TPSA) is 83.5 Å². The number of aliphatic imine (C=N–C) groups is 1. The van der Waals surface area contributed by atoms with E-state index in [2.05, 4.69) is 15.2 Å². The highest BCUT2D eigenvalue weighted by Gasteiger charge is 2.41. The van der Waals surface area contributed by atoms with Crippen molar-refractivity contribution in [3.05, 3.63) is 57.2 Å². The Morgan fingerprint density at radius 3 is 2.85 bits per heavy atom. The van der Waals surface area contributed by atoms with Gasteiger partial charge in [-0.1, -0.05) is 35.5 Å². The predicted octanol–water partition coefficient (Wildman–Crippen LogP) is 3.32. The van der Waals surface area contributed by atoms with Crippen molar-refractivity contribution in [1.29, 1.82) is 0 Å². The first kappa shape index (κ1) is 24.8. The van der Waals surface area contributed by atoms with Crippen LogP contribution in [0.15, 0.2) is 51.6 Å². The van der Waals surface area contributed by atoms with E-state index in [0.717, 1.165) is 49.3 Å². The van der Waals surface area contributed by atoms with Crippen LogP contribution in [0.3, 0.4) is 0 Å². The fourth-order valence-corrected chi connectivity index (χ4v) is 5.40. The van der Waals surface area contributed by atoms with Crippen LogP contribution in [0.1, 0.15) is 31.9 Å². The summed E-state index contributed by atoms with van der Waals surface area (Å²) in [6, 6.07) is 6.93. The number of thioether (sulfide) groups is 1. The molecule has 0 bridgehead atoms. The molecule has 1 saturated heterocycles. The van der Waals surface area contributed by atoms with Gasteiger partial charge in [-0.05, 0) is 37.0 Å². The number of carbonyl (C=O) groups excluding carboxylic acids is 2. The Labute approximate surface area is 209 Å². The van der Waals surface area contributed by atoms with E-state index in [1.165, 1.54) is 11.8 Å². The summed E-state index contributed by atoms with van der Waals surface area (Å²) in [6.07, 6.45) is 0.182. The number of ether oxygens (including phenoxy) is 2. The third-order valence-corrected chi connectivity index (χ3v) is 6.98. The van der Waals surface area contributed by atoms with Crippen LogP contribution in [0.25, 0.3) is 0 Å². The molecule has 10 heteroatoms. The van der Waals surface area contributed by atoms with Gasteiger partial charge in [-0.2, -0.15) is 0 Å². The number of nitrogens with zero attached hydrogens (tertiary/aromatic N) is 3. The maximum absolute atomic E-state index is 13.0. The predicted molar refractivity (Wildman–Crippen MR) is 133 cm³/mol. The maximum Gasteiger partial charge on any atom is 0.338 e. The molecule has 8 nitrogen and oxygen atoms in total. The van der Waals surface area contributed by atoms with E-state index in [-0.39, 0.29) is 18.9 Å². The molecule has 0 radical (unpaired) electrons. The van der Waals surface area contributed by atoms with Gasteiger partial charge in [0, 0.05) is 36.9 Å². The molecule has 3 aliphatic rings. The van der Waals surface area contributed by atoms with Crippen LogP contribution < -0.4 is 5.32 Å². The number of esters is 1. The van der Waals surface area contributed by atoms with Crippen LogP contribution in [0.2, 0.25) is 5.02 Å². The monoisotopic (exact) mass is 504 g/mol. The van der Waals surface area contributed by atoms with Gasteiger partial charge < -0.3 is 19.7 Å². The number of amides is 1. The lowest BCUT2D eigenvalue weighted by Gasteiger charge is -2.36. The normalized spacial score (nSPS) is 20.6. The molecule has 0 aliphatic carbocycles. The van der Waals surface area contributed by atoms with Gasteiger partial charge >= 0.3 is 5.97 Å². The average Bonchev–Trinajstić information content (AvgIpc) is 3.20. The van der Waals surface area contributed by atoms with Crippen molar-refractivity contribution in [2.45, 2.75) is 26.3 Å². The lowest BCUT2D eigenvalue weighted by molar-refractivity contribution is -0.139. The SMILES string of the molecule is CCOC(=O)C1=C(C)N=C2SC=C(CC(=O)NCCN3CCOCC3)N2C1c1cccc(Cl)c1. The van der Waals surface area contributed by atoms with Crippen LogP contribution in [-0.2, 0) is 19.1 Å². The van der Waals surface area contributed by atoms with Gasteiger partial charge in [-0.25, -0.2) is 9.79 Å². The number of nitrogens with one attached hydrogen (secondary N) is 1. The van der Waals surface area contributed by atoms with Crippen molar-refractivity contribution >= 4 is 40.4 Å². The number of fused-ring (bicyclic) bond motifs is 1. The van der Waals surface area contributed by atoms with Gasteiger partial charge in [0.1, 0.15) is 0 Å². The zero-order valence-electron chi connectivity index (χ0n) is 19.4. The highest BCUT2D eigenvalue weighted by molar-refractivity contribution is 8.16. The third-order valence-electron chi connectivity index (χ3n) is 5.86. The van der Waals surface area contributed by atoms with E-state index in [1.54, 1.807) is 13.0 Å². The molecule has 1 N–H and O–H groups in total. The minimum atomic E-state index is -0.479. The Kier molecular flexibility index (Phi) is 8.31. The Morgan fingerprint density at radius 2 is 2.12 bits per heavy atom. The molecule has 1 amide bonds. The fourth-order valence-electron chi connectivity index (χ4n) is 4.24. The number of halogens is 1. The minimum Gasteiger partial charge on any atom is -0.463 e. The smallest absolute Gasteiger partial charge is 0.338 e. The number of rotatable bonds is 8. The molecule has 1 unspecified atom stereocenters. The summed E-state index contributed by atoms with van der Waals surface area (Å²) in [4.78, 5) is 34.6. The number of allylic oxidation sites excluding steroid dienone is 1. The second-order valence-electron chi connectivity index (χ2n) is 8.15. The first-order valence-corrected chi connectivity index (χ1v) is 12.7. The number of benzene rings is 1. The van der Waals surface area contributed by atoms with Crippen LogP contribution in [-0.4, -0.2) is 72.8 Å². The van der Waals surface area contributed by atoms with Gasteiger partial charge in [0.2, 0.25) is 5.91 Å². The van der Waals surface area contributed by atoms with Gasteiger partial charge in [-0.3, -0.25) is 9.69 Å². The fraction of sp³-hybridized carbons (Fsp3) is 0.458. The largest absolute Gasteiger partial charge is 0.463 e. The highest BCUT2D eigenvalue weighted by atomic mass is 35.5. The summed E-state index contributed by atoms with van der Waals surface area (Å²) in [5.41, 5.74) is 2.68. The molecule has 4 rings (SSSR count). The molecule has 1 aromatic rings.